The largest absolute Gasteiger partial charge is 0.417 e. The van der Waals surface area contributed by atoms with Crippen LogP contribution in [0.25, 0.3) is 0 Å². The van der Waals surface area contributed by atoms with Gasteiger partial charge in [-0.15, -0.1) is 0 Å². The SMILES string of the molecule is CON=C1C=C2CCC3C(C(O[Si](C)(C)C)CC4(CO[Si](C)(C)C)C(C(CO[Si](C)(C)C)=NOC)CCC34)C2(C)CC1. The summed E-state index contributed by atoms with van der Waals surface area (Å²) in [6.07, 6.45) is 10.3. The number of fused-ring (bicyclic) bond motifs is 5. The average Bonchev–Trinajstić information content (AvgIpc) is 3.23. The van der Waals surface area contributed by atoms with Gasteiger partial charge < -0.3 is 23.0 Å². The molecule has 0 aromatic heterocycles. The molecule has 3 fully saturated rings. The molecule has 4 aliphatic carbocycles. The van der Waals surface area contributed by atoms with Crippen molar-refractivity contribution in [2.24, 2.45) is 44.8 Å². The molecule has 4 rings (SSSR count). The molecule has 0 N–H and O–H groups in total. The van der Waals surface area contributed by atoms with Gasteiger partial charge in [-0.25, -0.2) is 0 Å². The van der Waals surface area contributed by atoms with E-state index in [-0.39, 0.29) is 22.9 Å². The van der Waals surface area contributed by atoms with Crippen molar-refractivity contribution in [2.75, 3.05) is 27.4 Å². The molecule has 0 saturated heterocycles. The molecule has 7 nitrogen and oxygen atoms in total. The number of hydrogen-bond acceptors (Lipinski definition) is 7. The lowest BCUT2D eigenvalue weighted by atomic mass is 9.45. The highest BCUT2D eigenvalue weighted by molar-refractivity contribution is 6.70. The summed E-state index contributed by atoms with van der Waals surface area (Å²) in [5.74, 6) is 1.95. The Morgan fingerprint density at radius 2 is 1.57 bits per heavy atom. The van der Waals surface area contributed by atoms with Crippen LogP contribution in [0.2, 0.25) is 58.9 Å². The number of nitrogens with zero attached hydrogens (tertiary/aromatic N) is 2. The van der Waals surface area contributed by atoms with Crippen LogP contribution in [0.15, 0.2) is 22.0 Å². The van der Waals surface area contributed by atoms with Crippen LogP contribution in [0.4, 0.5) is 0 Å². The van der Waals surface area contributed by atoms with Crippen LogP contribution in [0.3, 0.4) is 0 Å². The van der Waals surface area contributed by atoms with Crippen molar-refractivity contribution in [2.45, 2.75) is 117 Å². The van der Waals surface area contributed by atoms with E-state index in [1.165, 1.54) is 12.8 Å². The van der Waals surface area contributed by atoms with Gasteiger partial charge in [-0.2, -0.15) is 0 Å². The molecule has 0 heterocycles. The lowest BCUT2D eigenvalue weighted by Gasteiger charge is -2.62. The highest BCUT2D eigenvalue weighted by Gasteiger charge is 2.65. The van der Waals surface area contributed by atoms with Gasteiger partial charge in [0.25, 0.3) is 0 Å². The Labute approximate surface area is 259 Å². The van der Waals surface area contributed by atoms with Crippen LogP contribution in [-0.2, 0) is 23.0 Å². The molecule has 0 bridgehead atoms. The van der Waals surface area contributed by atoms with E-state index in [0.717, 1.165) is 50.1 Å². The fraction of sp³-hybridized carbons (Fsp3) is 0.875. The van der Waals surface area contributed by atoms with E-state index in [4.69, 9.17) is 28.1 Å². The molecule has 0 amide bonds. The second kappa shape index (κ2) is 12.5. The zero-order chi connectivity index (χ0) is 31.1. The first-order chi connectivity index (χ1) is 19.4. The monoisotopic (exact) mass is 636 g/mol. The molecule has 0 aromatic rings. The molecule has 0 spiro atoms. The van der Waals surface area contributed by atoms with Gasteiger partial charge in [-0.05, 0) is 133 Å². The van der Waals surface area contributed by atoms with Gasteiger partial charge in [0.2, 0.25) is 0 Å². The van der Waals surface area contributed by atoms with Crippen molar-refractivity contribution in [3.63, 3.8) is 0 Å². The maximum absolute atomic E-state index is 7.32. The predicted molar refractivity (Wildman–Crippen MR) is 181 cm³/mol. The van der Waals surface area contributed by atoms with E-state index in [9.17, 15) is 0 Å². The van der Waals surface area contributed by atoms with E-state index >= 15 is 0 Å². The second-order valence-electron chi connectivity index (χ2n) is 16.6. The highest BCUT2D eigenvalue weighted by Crippen LogP contribution is 2.67. The van der Waals surface area contributed by atoms with Crippen LogP contribution < -0.4 is 0 Å². The van der Waals surface area contributed by atoms with E-state index in [1.807, 2.05) is 0 Å². The molecular weight excluding hydrogens is 577 g/mol. The Bertz CT molecular complexity index is 1060. The molecule has 3 saturated carbocycles. The third-order valence-electron chi connectivity index (χ3n) is 10.4. The molecule has 0 aliphatic heterocycles. The van der Waals surface area contributed by atoms with E-state index in [1.54, 1.807) is 19.8 Å². The van der Waals surface area contributed by atoms with Crippen molar-refractivity contribution in [3.8, 4) is 0 Å². The number of allylic oxidation sites excluding steroid dienone is 2. The van der Waals surface area contributed by atoms with Gasteiger partial charge in [-0.3, -0.25) is 0 Å². The minimum atomic E-state index is -1.85. The predicted octanol–water partition coefficient (Wildman–Crippen LogP) is 8.08. The van der Waals surface area contributed by atoms with Gasteiger partial charge >= 0.3 is 0 Å². The summed E-state index contributed by atoms with van der Waals surface area (Å²) in [4.78, 5) is 10.7. The molecule has 0 aromatic carbocycles. The zero-order valence-electron chi connectivity index (χ0n) is 28.8. The first-order valence-corrected chi connectivity index (χ1v) is 26.5. The third-order valence-corrected chi connectivity index (χ3v) is 13.4. The molecule has 4 aliphatic rings. The topological polar surface area (TPSA) is 70.9 Å². The van der Waals surface area contributed by atoms with Crippen LogP contribution >= 0.6 is 0 Å². The van der Waals surface area contributed by atoms with E-state index in [2.05, 4.69) is 77.1 Å². The van der Waals surface area contributed by atoms with Crippen LogP contribution in [0.1, 0.15) is 51.9 Å². The number of hydrogen-bond donors (Lipinski definition) is 0. The second-order valence-corrected chi connectivity index (χ2v) is 30.1. The van der Waals surface area contributed by atoms with Gasteiger partial charge in [0.15, 0.2) is 25.0 Å². The molecule has 10 heteroatoms. The van der Waals surface area contributed by atoms with Crippen molar-refractivity contribution in [1.29, 1.82) is 0 Å². The Balaban J connectivity index is 1.81. The number of rotatable bonds is 11. The van der Waals surface area contributed by atoms with Gasteiger partial charge in [-0.1, -0.05) is 22.8 Å². The first kappa shape index (κ1) is 34.1. The van der Waals surface area contributed by atoms with Crippen LogP contribution in [0, 0.1) is 34.5 Å². The maximum atomic E-state index is 7.32. The van der Waals surface area contributed by atoms with Crippen LogP contribution in [0.5, 0.6) is 0 Å². The number of oxime groups is 2. The fourth-order valence-electron chi connectivity index (χ4n) is 8.92. The fourth-order valence-corrected chi connectivity index (χ4v) is 11.3. The lowest BCUT2D eigenvalue weighted by molar-refractivity contribution is -0.132. The smallest absolute Gasteiger partial charge is 0.184 e. The highest BCUT2D eigenvalue weighted by atomic mass is 28.4. The molecule has 240 valence electrons. The average molecular weight is 637 g/mol. The van der Waals surface area contributed by atoms with Crippen molar-refractivity contribution < 1.29 is 23.0 Å². The van der Waals surface area contributed by atoms with E-state index in [0.29, 0.717) is 24.4 Å². The van der Waals surface area contributed by atoms with Crippen LogP contribution in [-0.4, -0.2) is 69.9 Å². The van der Waals surface area contributed by atoms with Gasteiger partial charge in [0.1, 0.15) is 14.2 Å². The minimum absolute atomic E-state index is 0.0269. The molecule has 0 radical (unpaired) electrons. The standard InChI is InChI=1S/C32H60N2O5Si3/c1-31-18-17-24(33-35-2)19-23(31)13-14-25-26-15-16-27(28(34-36-3)21-37-40(4,5)6)32(26,22-38-41(7,8)9)20-29(30(25)31)39-42(10,11)12/h19,25-27,29-30H,13-18,20-22H2,1-12H3. The van der Waals surface area contributed by atoms with E-state index < -0.39 is 25.0 Å². The first-order valence-electron chi connectivity index (χ1n) is 16.3. The molecule has 7 atom stereocenters. The summed E-state index contributed by atoms with van der Waals surface area (Å²) in [6, 6.07) is 0. The molecule has 42 heavy (non-hydrogen) atoms. The molecular formula is C32H60N2O5Si3. The molecule has 7 unspecified atom stereocenters. The van der Waals surface area contributed by atoms with Gasteiger partial charge in [0, 0.05) is 24.0 Å². The normalized spacial score (nSPS) is 36.7. The zero-order valence-corrected chi connectivity index (χ0v) is 31.8. The minimum Gasteiger partial charge on any atom is -0.417 e. The third kappa shape index (κ3) is 7.36. The summed E-state index contributed by atoms with van der Waals surface area (Å²) in [5.41, 5.74) is 3.81. The summed E-state index contributed by atoms with van der Waals surface area (Å²) in [7, 11) is -2.02. The Morgan fingerprint density at radius 3 is 2.17 bits per heavy atom. The summed E-state index contributed by atoms with van der Waals surface area (Å²) in [5, 5.41) is 9.05. The summed E-state index contributed by atoms with van der Waals surface area (Å²) in [6.45, 7) is 24.7. The Morgan fingerprint density at radius 1 is 0.881 bits per heavy atom. The Hall–Kier alpha value is -0.789. The van der Waals surface area contributed by atoms with Crippen molar-refractivity contribution >= 4 is 36.4 Å². The summed E-state index contributed by atoms with van der Waals surface area (Å²) >= 11 is 0. The lowest BCUT2D eigenvalue weighted by Crippen LogP contribution is -2.61. The quantitative estimate of drug-likeness (QED) is 0.130. The summed E-state index contributed by atoms with van der Waals surface area (Å²) < 4.78 is 20.8. The van der Waals surface area contributed by atoms with Crippen molar-refractivity contribution in [3.05, 3.63) is 11.6 Å². The van der Waals surface area contributed by atoms with Gasteiger partial charge in [0.05, 0.1) is 18.0 Å². The van der Waals surface area contributed by atoms with Crippen molar-refractivity contribution in [1.82, 2.24) is 0 Å². The maximum Gasteiger partial charge on any atom is 0.184 e. The Kier molecular flexibility index (Phi) is 10.2.